The van der Waals surface area contributed by atoms with Crippen molar-refractivity contribution < 1.29 is 23.5 Å². The SMILES string of the molecule is C=C(C)C(=O)Oc1ccc(C#Cc2ccc(C#Cc3ccc(C#Cc4cccc(OC(=O)C(=C)C)c4)cc3)c(F)c2)cc1. The Morgan fingerprint density at radius 1 is 0.558 bits per heavy atom. The molecular weight excluding hydrogens is 539 g/mol. The van der Waals surface area contributed by atoms with E-state index in [4.69, 9.17) is 9.47 Å². The van der Waals surface area contributed by atoms with Crippen molar-refractivity contribution in [3.05, 3.63) is 154 Å². The number of benzene rings is 4. The minimum atomic E-state index is -0.496. The highest BCUT2D eigenvalue weighted by atomic mass is 19.1. The molecule has 5 heteroatoms. The summed E-state index contributed by atoms with van der Waals surface area (Å²) in [6, 6.07) is 25.5. The van der Waals surface area contributed by atoms with E-state index in [1.165, 1.54) is 6.07 Å². The van der Waals surface area contributed by atoms with Gasteiger partial charge in [0.15, 0.2) is 0 Å². The van der Waals surface area contributed by atoms with Crippen molar-refractivity contribution in [3.63, 3.8) is 0 Å². The molecule has 4 aromatic carbocycles. The Morgan fingerprint density at radius 2 is 1.00 bits per heavy atom. The van der Waals surface area contributed by atoms with Gasteiger partial charge in [-0.25, -0.2) is 14.0 Å². The van der Waals surface area contributed by atoms with E-state index in [0.29, 0.717) is 44.9 Å². The van der Waals surface area contributed by atoms with E-state index in [2.05, 4.69) is 48.7 Å². The van der Waals surface area contributed by atoms with Crippen LogP contribution < -0.4 is 9.47 Å². The van der Waals surface area contributed by atoms with Gasteiger partial charge in [0.2, 0.25) is 0 Å². The predicted octanol–water partition coefficient (Wildman–Crippen LogP) is 6.99. The van der Waals surface area contributed by atoms with Gasteiger partial charge in [-0.1, -0.05) is 54.7 Å². The van der Waals surface area contributed by atoms with Gasteiger partial charge in [0, 0.05) is 39.0 Å². The molecule has 0 aliphatic heterocycles. The van der Waals surface area contributed by atoms with Gasteiger partial charge in [0.25, 0.3) is 0 Å². The van der Waals surface area contributed by atoms with Gasteiger partial charge < -0.3 is 9.47 Å². The number of carbonyl (C=O) groups is 2. The highest BCUT2D eigenvalue weighted by molar-refractivity contribution is 5.89. The second-order valence-corrected chi connectivity index (χ2v) is 9.41. The standard InChI is InChI=1S/C38H25FO4/c1-26(2)37(40)42-34-22-18-30(19-23-34)13-15-32-17-21-33(36(39)25-32)20-16-29-10-8-28(9-11-29)12-14-31-6-5-7-35(24-31)43-38(41)27(3)4/h5-11,17-19,21-25H,1,3H2,2,4H3. The quantitative estimate of drug-likeness (QED) is 0.116. The molecule has 0 unspecified atom stereocenters. The summed E-state index contributed by atoms with van der Waals surface area (Å²) in [4.78, 5) is 23.3. The van der Waals surface area contributed by atoms with Gasteiger partial charge in [0.1, 0.15) is 17.3 Å². The largest absolute Gasteiger partial charge is 0.423 e. The molecule has 0 heterocycles. The minimum Gasteiger partial charge on any atom is -0.423 e. The first kappa shape index (κ1) is 29.9. The number of rotatable bonds is 4. The average molecular weight is 565 g/mol. The fraction of sp³-hybridized carbons (Fsp3) is 0.0526. The second kappa shape index (κ2) is 14.0. The van der Waals surface area contributed by atoms with Crippen LogP contribution in [0.3, 0.4) is 0 Å². The van der Waals surface area contributed by atoms with E-state index in [1.54, 1.807) is 68.4 Å². The fourth-order valence-corrected chi connectivity index (χ4v) is 3.39. The van der Waals surface area contributed by atoms with Crippen molar-refractivity contribution in [2.24, 2.45) is 0 Å². The van der Waals surface area contributed by atoms with Crippen LogP contribution in [-0.2, 0) is 9.59 Å². The van der Waals surface area contributed by atoms with E-state index in [0.717, 1.165) is 5.56 Å². The molecule has 4 nitrogen and oxygen atoms in total. The summed E-state index contributed by atoms with van der Waals surface area (Å²) in [7, 11) is 0. The van der Waals surface area contributed by atoms with Crippen LogP contribution in [0.2, 0.25) is 0 Å². The third kappa shape index (κ3) is 8.95. The third-order valence-corrected chi connectivity index (χ3v) is 5.70. The zero-order valence-corrected chi connectivity index (χ0v) is 23.6. The summed E-state index contributed by atoms with van der Waals surface area (Å²) in [5.41, 5.74) is 4.24. The molecule has 0 aliphatic carbocycles. The molecule has 0 aliphatic rings. The number of hydrogen-bond acceptors (Lipinski definition) is 4. The summed E-state index contributed by atoms with van der Waals surface area (Å²) in [5.74, 6) is 17.2. The molecule has 0 N–H and O–H groups in total. The molecule has 0 aromatic heterocycles. The van der Waals surface area contributed by atoms with Gasteiger partial charge in [-0.05, 0) is 98.8 Å². The summed E-state index contributed by atoms with van der Waals surface area (Å²) < 4.78 is 25.1. The first-order valence-electron chi connectivity index (χ1n) is 13.1. The van der Waals surface area contributed by atoms with Crippen LogP contribution in [0.1, 0.15) is 47.2 Å². The average Bonchev–Trinajstić information content (AvgIpc) is 3.00. The molecule has 0 fully saturated rings. The molecule has 0 atom stereocenters. The lowest BCUT2D eigenvalue weighted by Gasteiger charge is -2.03. The van der Waals surface area contributed by atoms with E-state index in [1.807, 2.05) is 30.3 Å². The normalized spacial score (nSPS) is 9.56. The molecule has 43 heavy (non-hydrogen) atoms. The summed E-state index contributed by atoms with van der Waals surface area (Å²) in [6.07, 6.45) is 0. The Morgan fingerprint density at radius 3 is 1.53 bits per heavy atom. The summed E-state index contributed by atoms with van der Waals surface area (Å²) >= 11 is 0. The Labute approximate surface area is 250 Å². The number of ether oxygens (including phenoxy) is 2. The van der Waals surface area contributed by atoms with Crippen molar-refractivity contribution in [1.82, 2.24) is 0 Å². The maximum Gasteiger partial charge on any atom is 0.338 e. The van der Waals surface area contributed by atoms with E-state index in [9.17, 15) is 14.0 Å². The number of hydrogen-bond donors (Lipinski definition) is 0. The van der Waals surface area contributed by atoms with Crippen LogP contribution in [0, 0.1) is 41.3 Å². The summed E-state index contributed by atoms with van der Waals surface area (Å²) in [5, 5.41) is 0. The van der Waals surface area contributed by atoms with Crippen LogP contribution in [0.4, 0.5) is 4.39 Å². The van der Waals surface area contributed by atoms with Crippen LogP contribution in [0.5, 0.6) is 11.5 Å². The number of esters is 2. The van der Waals surface area contributed by atoms with Crippen LogP contribution in [0.15, 0.2) is 115 Å². The van der Waals surface area contributed by atoms with E-state index < -0.39 is 17.8 Å². The minimum absolute atomic E-state index is 0.255. The van der Waals surface area contributed by atoms with Gasteiger partial charge >= 0.3 is 11.9 Å². The topological polar surface area (TPSA) is 52.6 Å². The number of halogens is 1. The highest BCUT2D eigenvalue weighted by Crippen LogP contribution is 2.16. The zero-order chi connectivity index (χ0) is 30.8. The Hall–Kier alpha value is -6.09. The van der Waals surface area contributed by atoms with Gasteiger partial charge in [0.05, 0.1) is 5.56 Å². The molecule has 208 valence electrons. The molecule has 4 aromatic rings. The molecule has 4 rings (SSSR count). The lowest BCUT2D eigenvalue weighted by atomic mass is 10.1. The molecule has 0 saturated heterocycles. The number of carbonyl (C=O) groups excluding carboxylic acids is 2. The molecule has 0 radical (unpaired) electrons. The molecule has 0 saturated carbocycles. The van der Waals surface area contributed by atoms with Gasteiger partial charge in [-0.15, -0.1) is 0 Å². The maximum atomic E-state index is 14.7. The molecule has 0 spiro atoms. The third-order valence-electron chi connectivity index (χ3n) is 5.70. The predicted molar refractivity (Wildman–Crippen MR) is 165 cm³/mol. The Kier molecular flexibility index (Phi) is 9.73. The monoisotopic (exact) mass is 564 g/mol. The van der Waals surface area contributed by atoms with Crippen LogP contribution in [0.25, 0.3) is 0 Å². The van der Waals surface area contributed by atoms with Crippen molar-refractivity contribution in [1.29, 1.82) is 0 Å². The first-order chi connectivity index (χ1) is 20.7. The van der Waals surface area contributed by atoms with Gasteiger partial charge in [-0.3, -0.25) is 0 Å². The Bertz CT molecular complexity index is 1910. The highest BCUT2D eigenvalue weighted by Gasteiger charge is 2.06. The molecule has 0 amide bonds. The van der Waals surface area contributed by atoms with Crippen molar-refractivity contribution >= 4 is 11.9 Å². The second-order valence-electron chi connectivity index (χ2n) is 9.41. The Balaban J connectivity index is 1.38. The molecular formula is C38H25FO4. The molecule has 0 bridgehead atoms. The van der Waals surface area contributed by atoms with Crippen LogP contribution in [-0.4, -0.2) is 11.9 Å². The smallest absolute Gasteiger partial charge is 0.338 e. The van der Waals surface area contributed by atoms with Crippen molar-refractivity contribution in [2.45, 2.75) is 13.8 Å². The van der Waals surface area contributed by atoms with Crippen LogP contribution >= 0.6 is 0 Å². The lowest BCUT2D eigenvalue weighted by Crippen LogP contribution is -2.08. The maximum absolute atomic E-state index is 14.7. The summed E-state index contributed by atoms with van der Waals surface area (Å²) in [6.45, 7) is 10.3. The fourth-order valence-electron chi connectivity index (χ4n) is 3.39. The lowest BCUT2D eigenvalue weighted by molar-refractivity contribution is -0.130. The van der Waals surface area contributed by atoms with Crippen molar-refractivity contribution in [3.8, 4) is 47.0 Å². The van der Waals surface area contributed by atoms with E-state index >= 15 is 0 Å². The zero-order valence-electron chi connectivity index (χ0n) is 23.6. The van der Waals surface area contributed by atoms with Gasteiger partial charge in [-0.2, -0.15) is 0 Å². The van der Waals surface area contributed by atoms with E-state index in [-0.39, 0.29) is 5.56 Å². The first-order valence-corrected chi connectivity index (χ1v) is 13.1. The van der Waals surface area contributed by atoms with Crippen molar-refractivity contribution in [2.75, 3.05) is 0 Å².